The fourth-order valence-electron chi connectivity index (χ4n) is 1.65. The third-order valence-electron chi connectivity index (χ3n) is 2.58. The lowest BCUT2D eigenvalue weighted by Crippen LogP contribution is -2.33. The number of nitrogens with one attached hydrogen (secondary N) is 1. The highest BCUT2D eigenvalue weighted by molar-refractivity contribution is 5.96. The van der Waals surface area contributed by atoms with Crippen molar-refractivity contribution in [1.29, 1.82) is 0 Å². The van der Waals surface area contributed by atoms with E-state index in [1.807, 2.05) is 24.3 Å². The van der Waals surface area contributed by atoms with E-state index < -0.39 is 0 Å². The van der Waals surface area contributed by atoms with Crippen LogP contribution >= 0.6 is 0 Å². The predicted molar refractivity (Wildman–Crippen MR) is 70.9 cm³/mol. The lowest BCUT2D eigenvalue weighted by molar-refractivity contribution is 0.0946. The van der Waals surface area contributed by atoms with Crippen molar-refractivity contribution in [2.45, 2.75) is 39.2 Å². The van der Waals surface area contributed by atoms with Gasteiger partial charge in [-0.05, 0) is 24.0 Å². The summed E-state index contributed by atoms with van der Waals surface area (Å²) >= 11 is 0. The first-order valence-electron chi connectivity index (χ1n) is 5.72. The van der Waals surface area contributed by atoms with Crippen LogP contribution in [-0.4, -0.2) is 11.9 Å². The van der Waals surface area contributed by atoms with E-state index in [-0.39, 0.29) is 17.4 Å². The summed E-state index contributed by atoms with van der Waals surface area (Å²) in [5.74, 6) is 2.38. The van der Waals surface area contributed by atoms with Crippen LogP contribution in [0.1, 0.15) is 43.6 Å². The van der Waals surface area contributed by atoms with Gasteiger partial charge in [0, 0.05) is 5.56 Å². The largest absolute Gasteiger partial charge is 0.339 e. The van der Waals surface area contributed by atoms with Gasteiger partial charge in [-0.15, -0.1) is 6.42 Å². The Balaban J connectivity index is 3.07. The molecule has 1 atom stereocenters. The van der Waals surface area contributed by atoms with Gasteiger partial charge in [0.05, 0.1) is 6.04 Å². The molecule has 0 heterocycles. The van der Waals surface area contributed by atoms with Crippen molar-refractivity contribution in [2.24, 2.45) is 0 Å². The average molecular weight is 229 g/mol. The van der Waals surface area contributed by atoms with Crippen LogP contribution in [-0.2, 0) is 5.41 Å². The van der Waals surface area contributed by atoms with E-state index >= 15 is 0 Å². The number of carbonyl (C=O) groups is 1. The van der Waals surface area contributed by atoms with Gasteiger partial charge in [-0.2, -0.15) is 0 Å². The van der Waals surface area contributed by atoms with E-state index in [0.29, 0.717) is 5.56 Å². The predicted octanol–water partition coefficient (Wildman–Crippen LogP) is 2.74. The summed E-state index contributed by atoms with van der Waals surface area (Å²) in [5.41, 5.74) is 1.66. The Morgan fingerprint density at radius 1 is 1.35 bits per heavy atom. The Hall–Kier alpha value is -1.75. The second kappa shape index (κ2) is 5.05. The van der Waals surface area contributed by atoms with Crippen LogP contribution in [0.25, 0.3) is 0 Å². The summed E-state index contributed by atoms with van der Waals surface area (Å²) < 4.78 is 0. The second-order valence-corrected chi connectivity index (χ2v) is 5.16. The zero-order valence-electron chi connectivity index (χ0n) is 10.9. The molecule has 1 aromatic rings. The summed E-state index contributed by atoms with van der Waals surface area (Å²) in [6, 6.07) is 7.37. The van der Waals surface area contributed by atoms with Crippen molar-refractivity contribution in [3.05, 3.63) is 35.4 Å². The molecule has 0 aliphatic carbocycles. The highest BCUT2D eigenvalue weighted by atomic mass is 16.1. The average Bonchev–Trinajstić information content (AvgIpc) is 2.27. The smallest absolute Gasteiger partial charge is 0.252 e. The third-order valence-corrected chi connectivity index (χ3v) is 2.58. The number of hydrogen-bond donors (Lipinski definition) is 1. The van der Waals surface area contributed by atoms with E-state index in [9.17, 15) is 4.79 Å². The highest BCUT2D eigenvalue weighted by Gasteiger charge is 2.21. The van der Waals surface area contributed by atoms with Crippen LogP contribution < -0.4 is 5.32 Å². The Bertz CT molecular complexity index is 449. The first-order chi connectivity index (χ1) is 7.86. The van der Waals surface area contributed by atoms with Crippen molar-refractivity contribution in [2.75, 3.05) is 0 Å². The zero-order valence-corrected chi connectivity index (χ0v) is 10.9. The van der Waals surface area contributed by atoms with Crippen molar-refractivity contribution in [3.8, 4) is 12.3 Å². The van der Waals surface area contributed by atoms with E-state index in [1.165, 1.54) is 0 Å². The molecule has 1 aromatic carbocycles. The van der Waals surface area contributed by atoms with E-state index in [0.717, 1.165) is 5.56 Å². The first kappa shape index (κ1) is 13.3. The molecule has 2 nitrogen and oxygen atoms in total. The number of benzene rings is 1. The molecule has 1 N–H and O–H groups in total. The summed E-state index contributed by atoms with van der Waals surface area (Å²) in [6.45, 7) is 8.05. The molecule has 0 fully saturated rings. The highest BCUT2D eigenvalue weighted by Crippen LogP contribution is 2.25. The van der Waals surface area contributed by atoms with Gasteiger partial charge in [0.1, 0.15) is 0 Å². The maximum atomic E-state index is 12.1. The van der Waals surface area contributed by atoms with E-state index in [1.54, 1.807) is 6.92 Å². The van der Waals surface area contributed by atoms with Crippen LogP contribution in [0.15, 0.2) is 24.3 Å². The molecule has 0 spiro atoms. The normalized spacial score (nSPS) is 12.6. The second-order valence-electron chi connectivity index (χ2n) is 5.16. The Labute approximate surface area is 103 Å². The monoisotopic (exact) mass is 229 g/mol. The molecule has 1 unspecified atom stereocenters. The quantitative estimate of drug-likeness (QED) is 0.776. The van der Waals surface area contributed by atoms with Crippen molar-refractivity contribution >= 4 is 5.91 Å². The fourth-order valence-corrected chi connectivity index (χ4v) is 1.65. The molecule has 90 valence electrons. The molecule has 0 bridgehead atoms. The van der Waals surface area contributed by atoms with Gasteiger partial charge in [-0.1, -0.05) is 44.9 Å². The van der Waals surface area contributed by atoms with Crippen LogP contribution in [0.4, 0.5) is 0 Å². The van der Waals surface area contributed by atoms with Gasteiger partial charge in [0.25, 0.3) is 5.91 Å². The molecule has 2 heteroatoms. The Morgan fingerprint density at radius 2 is 1.94 bits per heavy atom. The summed E-state index contributed by atoms with van der Waals surface area (Å²) in [7, 11) is 0. The van der Waals surface area contributed by atoms with Crippen molar-refractivity contribution in [1.82, 2.24) is 5.32 Å². The minimum absolute atomic E-state index is 0.0622. The van der Waals surface area contributed by atoms with E-state index in [4.69, 9.17) is 6.42 Å². The van der Waals surface area contributed by atoms with E-state index in [2.05, 4.69) is 32.0 Å². The number of amides is 1. The van der Waals surface area contributed by atoms with Crippen LogP contribution in [0, 0.1) is 12.3 Å². The fraction of sp³-hybridized carbons (Fsp3) is 0.400. The molecule has 0 saturated carbocycles. The van der Waals surface area contributed by atoms with Crippen LogP contribution in [0.2, 0.25) is 0 Å². The van der Waals surface area contributed by atoms with Gasteiger partial charge in [0.15, 0.2) is 0 Å². The number of hydrogen-bond acceptors (Lipinski definition) is 1. The summed E-state index contributed by atoms with van der Waals surface area (Å²) in [6.07, 6.45) is 5.26. The molecule has 0 aliphatic heterocycles. The Kier molecular flexibility index (Phi) is 3.96. The van der Waals surface area contributed by atoms with Crippen molar-refractivity contribution < 1.29 is 4.79 Å². The molecular weight excluding hydrogens is 210 g/mol. The summed E-state index contributed by atoms with van der Waals surface area (Å²) in [5, 5.41) is 2.78. The molecule has 0 aromatic heterocycles. The van der Waals surface area contributed by atoms with Gasteiger partial charge in [0.2, 0.25) is 0 Å². The summed E-state index contributed by atoms with van der Waals surface area (Å²) in [4.78, 5) is 12.1. The molecule has 0 aliphatic rings. The minimum atomic E-state index is -0.254. The maximum absolute atomic E-state index is 12.1. The van der Waals surface area contributed by atoms with Crippen LogP contribution in [0.5, 0.6) is 0 Å². The minimum Gasteiger partial charge on any atom is -0.339 e. The molecule has 0 radical (unpaired) electrons. The van der Waals surface area contributed by atoms with Crippen molar-refractivity contribution in [3.63, 3.8) is 0 Å². The number of carbonyl (C=O) groups excluding carboxylic acids is 1. The van der Waals surface area contributed by atoms with Gasteiger partial charge >= 0.3 is 0 Å². The van der Waals surface area contributed by atoms with Gasteiger partial charge in [-0.25, -0.2) is 0 Å². The maximum Gasteiger partial charge on any atom is 0.252 e. The Morgan fingerprint density at radius 3 is 2.47 bits per heavy atom. The molecule has 0 saturated heterocycles. The molecular formula is C15H19NO. The molecule has 1 rings (SSSR count). The zero-order chi connectivity index (χ0) is 13.1. The van der Waals surface area contributed by atoms with Gasteiger partial charge in [-0.3, -0.25) is 4.79 Å². The third kappa shape index (κ3) is 3.35. The SMILES string of the molecule is C#CC(C)NC(=O)c1ccccc1C(C)(C)C. The van der Waals surface area contributed by atoms with Crippen LogP contribution in [0.3, 0.4) is 0 Å². The lowest BCUT2D eigenvalue weighted by Gasteiger charge is -2.22. The first-order valence-corrected chi connectivity index (χ1v) is 5.72. The standard InChI is InChI=1S/C15H19NO/c1-6-11(2)16-14(17)12-9-7-8-10-13(12)15(3,4)5/h1,7-11H,2-5H3,(H,16,17). The molecule has 1 amide bonds. The number of rotatable bonds is 2. The number of terminal acetylenes is 1. The molecule has 17 heavy (non-hydrogen) atoms. The van der Waals surface area contributed by atoms with Gasteiger partial charge < -0.3 is 5.32 Å². The lowest BCUT2D eigenvalue weighted by atomic mass is 9.83. The topological polar surface area (TPSA) is 29.1 Å².